The van der Waals surface area contributed by atoms with Crippen molar-refractivity contribution in [2.24, 2.45) is 0 Å². The SMILES string of the molecule is Nc1cc(-c2cnccn2)ccn1. The number of anilines is 1. The fraction of sp³-hybridized carbons (Fsp3) is 0. The molecule has 0 aliphatic rings. The monoisotopic (exact) mass is 172 g/mol. The smallest absolute Gasteiger partial charge is 0.123 e. The van der Waals surface area contributed by atoms with E-state index in [0.717, 1.165) is 11.3 Å². The second kappa shape index (κ2) is 3.18. The number of pyridine rings is 1. The lowest BCUT2D eigenvalue weighted by Gasteiger charge is -1.99. The highest BCUT2D eigenvalue weighted by Crippen LogP contribution is 2.15. The van der Waals surface area contributed by atoms with E-state index in [1.165, 1.54) is 0 Å². The van der Waals surface area contributed by atoms with Gasteiger partial charge in [0.2, 0.25) is 0 Å². The highest BCUT2D eigenvalue weighted by molar-refractivity contribution is 5.60. The van der Waals surface area contributed by atoms with Crippen LogP contribution in [0, 0.1) is 0 Å². The molecule has 2 aromatic rings. The number of hydrogen-bond acceptors (Lipinski definition) is 4. The van der Waals surface area contributed by atoms with Crippen molar-refractivity contribution in [2.45, 2.75) is 0 Å². The summed E-state index contributed by atoms with van der Waals surface area (Å²) in [7, 11) is 0. The number of rotatable bonds is 1. The van der Waals surface area contributed by atoms with Gasteiger partial charge in [-0.3, -0.25) is 9.97 Å². The summed E-state index contributed by atoms with van der Waals surface area (Å²) in [4.78, 5) is 12.0. The Morgan fingerprint density at radius 1 is 1.08 bits per heavy atom. The van der Waals surface area contributed by atoms with Crippen molar-refractivity contribution in [1.29, 1.82) is 0 Å². The van der Waals surface area contributed by atoms with Crippen LogP contribution in [0.1, 0.15) is 0 Å². The van der Waals surface area contributed by atoms with Crippen LogP contribution in [0.5, 0.6) is 0 Å². The van der Waals surface area contributed by atoms with E-state index in [4.69, 9.17) is 5.73 Å². The third kappa shape index (κ3) is 1.61. The first-order valence-corrected chi connectivity index (χ1v) is 3.84. The maximum atomic E-state index is 5.54. The van der Waals surface area contributed by atoms with Crippen LogP contribution in [-0.4, -0.2) is 15.0 Å². The Morgan fingerprint density at radius 2 is 2.00 bits per heavy atom. The summed E-state index contributed by atoms with van der Waals surface area (Å²) in [6, 6.07) is 3.62. The third-order valence-electron chi connectivity index (χ3n) is 1.64. The molecule has 0 saturated carbocycles. The van der Waals surface area contributed by atoms with Gasteiger partial charge in [-0.05, 0) is 12.1 Å². The van der Waals surface area contributed by atoms with E-state index in [2.05, 4.69) is 15.0 Å². The molecule has 0 aliphatic heterocycles. The van der Waals surface area contributed by atoms with E-state index in [1.54, 1.807) is 30.9 Å². The van der Waals surface area contributed by atoms with Gasteiger partial charge >= 0.3 is 0 Å². The van der Waals surface area contributed by atoms with Crippen molar-refractivity contribution in [3.63, 3.8) is 0 Å². The third-order valence-corrected chi connectivity index (χ3v) is 1.64. The molecule has 0 fully saturated rings. The predicted octanol–water partition coefficient (Wildman–Crippen LogP) is 1.12. The summed E-state index contributed by atoms with van der Waals surface area (Å²) in [6.07, 6.45) is 6.62. The molecule has 2 N–H and O–H groups in total. The Kier molecular flexibility index (Phi) is 1.88. The van der Waals surface area contributed by atoms with Crippen LogP contribution in [0.25, 0.3) is 11.3 Å². The molecule has 0 atom stereocenters. The molecule has 0 bridgehead atoms. The first-order valence-electron chi connectivity index (χ1n) is 3.84. The van der Waals surface area contributed by atoms with E-state index in [0.29, 0.717) is 5.82 Å². The zero-order valence-corrected chi connectivity index (χ0v) is 6.88. The molecule has 0 radical (unpaired) electrons. The van der Waals surface area contributed by atoms with E-state index < -0.39 is 0 Å². The van der Waals surface area contributed by atoms with Gasteiger partial charge in [0, 0.05) is 24.2 Å². The van der Waals surface area contributed by atoms with Crippen molar-refractivity contribution in [3.8, 4) is 11.3 Å². The minimum Gasteiger partial charge on any atom is -0.384 e. The quantitative estimate of drug-likeness (QED) is 0.700. The average Bonchev–Trinajstić information content (AvgIpc) is 2.19. The topological polar surface area (TPSA) is 64.7 Å². The molecule has 64 valence electrons. The number of hydrogen-bond donors (Lipinski definition) is 1. The van der Waals surface area contributed by atoms with E-state index >= 15 is 0 Å². The summed E-state index contributed by atoms with van der Waals surface area (Å²) >= 11 is 0. The van der Waals surface area contributed by atoms with E-state index in [9.17, 15) is 0 Å². The van der Waals surface area contributed by atoms with Crippen molar-refractivity contribution < 1.29 is 0 Å². The molecule has 0 unspecified atom stereocenters. The fourth-order valence-electron chi connectivity index (χ4n) is 1.06. The van der Waals surface area contributed by atoms with Crippen LogP contribution in [0.3, 0.4) is 0 Å². The highest BCUT2D eigenvalue weighted by Gasteiger charge is 1.98. The van der Waals surface area contributed by atoms with Crippen LogP contribution in [0.4, 0.5) is 5.82 Å². The van der Waals surface area contributed by atoms with Crippen LogP contribution in [-0.2, 0) is 0 Å². The second-order valence-corrected chi connectivity index (χ2v) is 2.56. The Morgan fingerprint density at radius 3 is 2.69 bits per heavy atom. The van der Waals surface area contributed by atoms with Gasteiger partial charge in [-0.25, -0.2) is 4.98 Å². The van der Waals surface area contributed by atoms with Gasteiger partial charge in [0.25, 0.3) is 0 Å². The summed E-state index contributed by atoms with van der Waals surface area (Å²) in [5.41, 5.74) is 7.27. The van der Waals surface area contributed by atoms with E-state index in [1.807, 2.05) is 6.07 Å². The zero-order valence-electron chi connectivity index (χ0n) is 6.88. The molecule has 4 nitrogen and oxygen atoms in total. The molecule has 2 heterocycles. The predicted molar refractivity (Wildman–Crippen MR) is 49.7 cm³/mol. The van der Waals surface area contributed by atoms with Crippen molar-refractivity contribution in [3.05, 3.63) is 36.9 Å². The van der Waals surface area contributed by atoms with Crippen LogP contribution >= 0.6 is 0 Å². The summed E-state index contributed by atoms with van der Waals surface area (Å²) in [6.45, 7) is 0. The van der Waals surface area contributed by atoms with Crippen LogP contribution in [0.2, 0.25) is 0 Å². The Hall–Kier alpha value is -1.97. The molecule has 0 saturated heterocycles. The largest absolute Gasteiger partial charge is 0.384 e. The summed E-state index contributed by atoms with van der Waals surface area (Å²) in [5, 5.41) is 0. The van der Waals surface area contributed by atoms with E-state index in [-0.39, 0.29) is 0 Å². The van der Waals surface area contributed by atoms with Gasteiger partial charge in [0.15, 0.2) is 0 Å². The molecule has 0 aromatic carbocycles. The molecule has 4 heteroatoms. The van der Waals surface area contributed by atoms with Gasteiger partial charge < -0.3 is 5.73 Å². The average molecular weight is 172 g/mol. The minimum atomic E-state index is 0.489. The second-order valence-electron chi connectivity index (χ2n) is 2.56. The number of aromatic nitrogens is 3. The van der Waals surface area contributed by atoms with Gasteiger partial charge in [-0.15, -0.1) is 0 Å². The fourth-order valence-corrected chi connectivity index (χ4v) is 1.06. The molecular weight excluding hydrogens is 164 g/mol. The zero-order chi connectivity index (χ0) is 9.10. The Labute approximate surface area is 75.5 Å². The molecule has 13 heavy (non-hydrogen) atoms. The Bertz CT molecular complexity index is 399. The normalized spacial score (nSPS) is 9.85. The van der Waals surface area contributed by atoms with Crippen molar-refractivity contribution in [1.82, 2.24) is 15.0 Å². The number of nitrogens with two attached hydrogens (primary N) is 1. The lowest BCUT2D eigenvalue weighted by Crippen LogP contribution is -1.90. The van der Waals surface area contributed by atoms with Crippen molar-refractivity contribution in [2.75, 3.05) is 5.73 Å². The standard InChI is InChI=1S/C9H8N4/c10-9-5-7(1-2-13-9)8-6-11-3-4-12-8/h1-6H,(H2,10,13). The molecular formula is C9H8N4. The first kappa shape index (κ1) is 7.67. The Balaban J connectivity index is 2.48. The van der Waals surface area contributed by atoms with Gasteiger partial charge in [0.05, 0.1) is 11.9 Å². The number of nitrogens with zero attached hydrogens (tertiary/aromatic N) is 3. The molecule has 2 rings (SSSR count). The lowest BCUT2D eigenvalue weighted by atomic mass is 10.2. The molecule has 2 aromatic heterocycles. The maximum absolute atomic E-state index is 5.54. The molecule has 0 aliphatic carbocycles. The van der Waals surface area contributed by atoms with Crippen molar-refractivity contribution >= 4 is 5.82 Å². The van der Waals surface area contributed by atoms with Crippen LogP contribution < -0.4 is 5.73 Å². The first-order chi connectivity index (χ1) is 6.36. The van der Waals surface area contributed by atoms with Crippen LogP contribution in [0.15, 0.2) is 36.9 Å². The number of nitrogen functional groups attached to an aromatic ring is 1. The summed E-state index contributed by atoms with van der Waals surface area (Å²) < 4.78 is 0. The van der Waals surface area contributed by atoms with Gasteiger partial charge in [-0.1, -0.05) is 0 Å². The van der Waals surface area contributed by atoms with Gasteiger partial charge in [-0.2, -0.15) is 0 Å². The summed E-state index contributed by atoms with van der Waals surface area (Å²) in [5.74, 6) is 0.489. The van der Waals surface area contributed by atoms with Gasteiger partial charge in [0.1, 0.15) is 5.82 Å². The minimum absolute atomic E-state index is 0.489. The molecule has 0 spiro atoms. The maximum Gasteiger partial charge on any atom is 0.123 e. The molecule has 0 amide bonds. The lowest BCUT2D eigenvalue weighted by molar-refractivity contribution is 1.20. The highest BCUT2D eigenvalue weighted by atomic mass is 14.8.